The van der Waals surface area contributed by atoms with Crippen molar-refractivity contribution in [3.8, 4) is 5.69 Å². The fourth-order valence-corrected chi connectivity index (χ4v) is 4.25. The number of hydrogen-bond donors (Lipinski definition) is 0. The molecule has 0 radical (unpaired) electrons. The zero-order chi connectivity index (χ0) is 24.6. The van der Waals surface area contributed by atoms with Crippen LogP contribution in [-0.4, -0.2) is 30.0 Å². The highest BCUT2D eigenvalue weighted by Gasteiger charge is 2.25. The number of nitrogens with zero attached hydrogens (tertiary/aromatic N) is 5. The molecule has 0 aliphatic carbocycles. The Morgan fingerprint density at radius 2 is 1.76 bits per heavy atom. The Labute approximate surface area is 201 Å². The molecular formula is C25H25ClFN5O2. The number of carbonyl (C=O) groups excluding carboxylic acids is 1. The third-order valence-corrected chi connectivity index (χ3v) is 6.26. The first kappa shape index (κ1) is 23.5. The van der Waals surface area contributed by atoms with E-state index in [1.54, 1.807) is 42.5 Å². The van der Waals surface area contributed by atoms with Crippen LogP contribution in [0, 0.1) is 19.7 Å². The van der Waals surface area contributed by atoms with E-state index in [0.717, 1.165) is 11.4 Å². The Hall–Kier alpha value is -3.65. The van der Waals surface area contributed by atoms with Crippen molar-refractivity contribution in [3.05, 3.63) is 104 Å². The van der Waals surface area contributed by atoms with Gasteiger partial charge >= 0.3 is 0 Å². The van der Waals surface area contributed by atoms with E-state index in [1.807, 2.05) is 37.3 Å². The minimum atomic E-state index is -0.460. The van der Waals surface area contributed by atoms with E-state index in [1.165, 1.54) is 21.7 Å². The van der Waals surface area contributed by atoms with Crippen LogP contribution in [0.5, 0.6) is 0 Å². The van der Waals surface area contributed by atoms with Crippen LogP contribution >= 0.6 is 11.6 Å². The lowest BCUT2D eigenvalue weighted by Gasteiger charge is -2.23. The molecule has 4 aromatic rings. The number of rotatable bonds is 6. The van der Waals surface area contributed by atoms with E-state index in [4.69, 9.17) is 11.6 Å². The number of hydrogen-bond acceptors (Lipinski definition) is 3. The van der Waals surface area contributed by atoms with Crippen LogP contribution in [0.25, 0.3) is 5.69 Å². The second-order valence-electron chi connectivity index (χ2n) is 8.23. The first-order valence-corrected chi connectivity index (χ1v) is 11.1. The van der Waals surface area contributed by atoms with Crippen molar-refractivity contribution in [2.45, 2.75) is 26.9 Å². The van der Waals surface area contributed by atoms with Crippen LogP contribution in [-0.2, 0) is 27.2 Å². The molecule has 0 unspecified atom stereocenters. The largest absolute Gasteiger partial charge is 0.328 e. The molecule has 0 aliphatic heterocycles. The van der Waals surface area contributed by atoms with Gasteiger partial charge in [0.15, 0.2) is 0 Å². The summed E-state index contributed by atoms with van der Waals surface area (Å²) in [5.74, 6) is -0.768. The van der Waals surface area contributed by atoms with Crippen LogP contribution in [0.2, 0.25) is 5.02 Å². The Kier molecular flexibility index (Phi) is 6.43. The lowest BCUT2D eigenvalue weighted by Crippen LogP contribution is -2.34. The Balaban J connectivity index is 1.78. The summed E-state index contributed by atoms with van der Waals surface area (Å²) < 4.78 is 18.5. The highest BCUT2D eigenvalue weighted by atomic mass is 35.5. The molecule has 0 fully saturated rings. The van der Waals surface area contributed by atoms with Crippen molar-refractivity contribution in [2.24, 2.45) is 14.1 Å². The first-order valence-electron chi connectivity index (χ1n) is 10.7. The van der Waals surface area contributed by atoms with Gasteiger partial charge in [0.1, 0.15) is 11.5 Å². The van der Waals surface area contributed by atoms with Gasteiger partial charge in [0.2, 0.25) is 0 Å². The summed E-state index contributed by atoms with van der Waals surface area (Å²) in [5.41, 5.74) is 3.39. The van der Waals surface area contributed by atoms with Gasteiger partial charge in [-0.3, -0.25) is 19.0 Å². The summed E-state index contributed by atoms with van der Waals surface area (Å²) >= 11 is 6.27. The lowest BCUT2D eigenvalue weighted by molar-refractivity contribution is 0.0718. The second kappa shape index (κ2) is 9.30. The molecule has 7 nitrogen and oxygen atoms in total. The molecule has 0 N–H and O–H groups in total. The highest BCUT2D eigenvalue weighted by molar-refractivity contribution is 6.31. The van der Waals surface area contributed by atoms with E-state index in [9.17, 15) is 14.0 Å². The number of para-hydroxylation sites is 1. The van der Waals surface area contributed by atoms with Crippen LogP contribution in [0.4, 0.5) is 4.39 Å². The van der Waals surface area contributed by atoms with E-state index in [2.05, 4.69) is 5.10 Å². The monoisotopic (exact) mass is 481 g/mol. The molecule has 4 rings (SSSR count). The van der Waals surface area contributed by atoms with E-state index in [-0.39, 0.29) is 29.6 Å². The van der Waals surface area contributed by atoms with Gasteiger partial charge in [0.05, 0.1) is 23.5 Å². The Bertz CT molecular complexity index is 1420. The number of carbonyl (C=O) groups is 1. The normalized spacial score (nSPS) is 11.1. The smallest absolute Gasteiger partial charge is 0.276 e. The quantitative estimate of drug-likeness (QED) is 0.415. The van der Waals surface area contributed by atoms with Gasteiger partial charge in [-0.15, -0.1) is 0 Å². The number of aryl methyl sites for hydroxylation is 2. The molecule has 2 aromatic heterocycles. The number of halogens is 2. The van der Waals surface area contributed by atoms with Crippen molar-refractivity contribution in [1.82, 2.24) is 24.0 Å². The lowest BCUT2D eigenvalue weighted by atomic mass is 10.1. The fourth-order valence-electron chi connectivity index (χ4n) is 4.02. The topological polar surface area (TPSA) is 65.1 Å². The van der Waals surface area contributed by atoms with Gasteiger partial charge in [-0.1, -0.05) is 35.9 Å². The van der Waals surface area contributed by atoms with Crippen molar-refractivity contribution in [3.63, 3.8) is 0 Å². The predicted octanol–water partition coefficient (Wildman–Crippen LogP) is 4.16. The van der Waals surface area contributed by atoms with Crippen LogP contribution in [0.3, 0.4) is 0 Å². The van der Waals surface area contributed by atoms with Crippen molar-refractivity contribution in [1.29, 1.82) is 0 Å². The van der Waals surface area contributed by atoms with Gasteiger partial charge < -0.3 is 4.90 Å². The Morgan fingerprint density at radius 3 is 2.38 bits per heavy atom. The van der Waals surface area contributed by atoms with E-state index >= 15 is 0 Å². The number of benzene rings is 2. The zero-order valence-corrected chi connectivity index (χ0v) is 20.2. The summed E-state index contributed by atoms with van der Waals surface area (Å²) in [5, 5.41) is 4.49. The zero-order valence-electron chi connectivity index (χ0n) is 19.4. The van der Waals surface area contributed by atoms with Crippen molar-refractivity contribution in [2.75, 3.05) is 0 Å². The Morgan fingerprint density at radius 1 is 1.06 bits per heavy atom. The molecule has 2 heterocycles. The average Bonchev–Trinajstić information content (AvgIpc) is 3.24. The second-order valence-corrected chi connectivity index (χ2v) is 8.64. The third-order valence-electron chi connectivity index (χ3n) is 5.91. The van der Waals surface area contributed by atoms with Crippen LogP contribution in [0.1, 0.15) is 33.0 Å². The maximum atomic E-state index is 13.6. The van der Waals surface area contributed by atoms with E-state index in [0.29, 0.717) is 22.5 Å². The summed E-state index contributed by atoms with van der Waals surface area (Å²) in [4.78, 5) is 28.6. The molecule has 0 aliphatic rings. The maximum absolute atomic E-state index is 13.6. The molecule has 34 heavy (non-hydrogen) atoms. The molecule has 9 heteroatoms. The van der Waals surface area contributed by atoms with Gasteiger partial charge in [0.25, 0.3) is 11.5 Å². The molecule has 2 aromatic carbocycles. The van der Waals surface area contributed by atoms with Crippen molar-refractivity contribution >= 4 is 17.5 Å². The SMILES string of the molecule is Cc1cc(C(=O)N(Cc2ccc(F)cc2Cl)Cc2c(C)n(C)n(-c3ccccc3)c2=O)n(C)n1. The summed E-state index contributed by atoms with van der Waals surface area (Å²) in [6.45, 7) is 3.80. The molecule has 0 spiro atoms. The molecule has 0 saturated carbocycles. The summed E-state index contributed by atoms with van der Waals surface area (Å²) in [7, 11) is 3.50. The predicted molar refractivity (Wildman–Crippen MR) is 129 cm³/mol. The molecule has 0 saturated heterocycles. The molecule has 1 amide bonds. The van der Waals surface area contributed by atoms with Gasteiger partial charge in [-0.25, -0.2) is 9.07 Å². The fraction of sp³-hybridized carbons (Fsp3) is 0.240. The maximum Gasteiger partial charge on any atom is 0.276 e. The van der Waals surface area contributed by atoms with Gasteiger partial charge in [-0.05, 0) is 49.7 Å². The number of aromatic nitrogens is 4. The average molecular weight is 482 g/mol. The van der Waals surface area contributed by atoms with Gasteiger partial charge in [-0.2, -0.15) is 5.10 Å². The first-order chi connectivity index (χ1) is 16.2. The minimum Gasteiger partial charge on any atom is -0.328 e. The molecule has 0 atom stereocenters. The molecule has 0 bridgehead atoms. The standard InChI is InChI=1S/C25H25ClFN5O2/c1-16-12-23(29(3)28-16)25(34)31(14-18-10-11-19(27)13-22(18)26)15-21-17(2)30(4)32(24(21)33)20-8-6-5-7-9-20/h5-13H,14-15H2,1-4H3. The van der Waals surface area contributed by atoms with Crippen molar-refractivity contribution < 1.29 is 9.18 Å². The van der Waals surface area contributed by atoms with Gasteiger partial charge in [0, 0.05) is 31.4 Å². The molecule has 176 valence electrons. The summed E-state index contributed by atoms with van der Waals surface area (Å²) in [6.07, 6.45) is 0. The minimum absolute atomic E-state index is 0.0507. The highest BCUT2D eigenvalue weighted by Crippen LogP contribution is 2.22. The third kappa shape index (κ3) is 4.41. The molecular weight excluding hydrogens is 457 g/mol. The van der Waals surface area contributed by atoms with E-state index < -0.39 is 5.82 Å². The number of amides is 1. The summed E-state index contributed by atoms with van der Waals surface area (Å²) in [6, 6.07) is 15.1. The van der Waals surface area contributed by atoms with Crippen LogP contribution < -0.4 is 5.56 Å². The van der Waals surface area contributed by atoms with Crippen LogP contribution in [0.15, 0.2) is 59.4 Å².